The number of carbonyl (C=O) groups excluding carboxylic acids is 2. The minimum Gasteiger partial charge on any atom is -0.459 e. The number of urea groups is 1. The zero-order valence-electron chi connectivity index (χ0n) is 24.4. The lowest BCUT2D eigenvalue weighted by Gasteiger charge is -2.43. The smallest absolute Gasteiger partial charge is 0.315 e. The number of nitrogens with zero attached hydrogens (tertiary/aromatic N) is 2. The highest BCUT2D eigenvalue weighted by Gasteiger charge is 2.47. The maximum atomic E-state index is 12.9. The van der Waals surface area contributed by atoms with E-state index in [4.69, 9.17) is 10.00 Å². The molecule has 2 amide bonds. The van der Waals surface area contributed by atoms with Crippen LogP contribution in [0, 0.1) is 29.1 Å². The van der Waals surface area contributed by atoms with E-state index in [-0.39, 0.29) is 25.3 Å². The molecule has 0 saturated carbocycles. The molecule has 0 bridgehead atoms. The first-order chi connectivity index (χ1) is 18.0. The third-order valence-electron chi connectivity index (χ3n) is 8.01. The van der Waals surface area contributed by atoms with Crippen molar-refractivity contribution in [2.75, 3.05) is 26.2 Å². The number of rotatable bonds is 6. The average Bonchev–Trinajstić information content (AvgIpc) is 2.88. The first kappa shape index (κ1) is 35.0. The molecule has 0 aromatic heterocycles. The van der Waals surface area contributed by atoms with Gasteiger partial charge in [0.1, 0.15) is 24.4 Å². The molecule has 0 unspecified atom stereocenters. The number of carbonyl (C=O) groups is 2. The van der Waals surface area contributed by atoms with Gasteiger partial charge < -0.3 is 40.9 Å². The van der Waals surface area contributed by atoms with Gasteiger partial charge in [0, 0.05) is 31.6 Å². The SMILES string of the molecule is CC[C@H]1OC(=O)[C@H](C)[C@@H](O)[C@H](C)[C@@H](O)[C@](C)(O)C[C@@H](C)CN(CCCNC(=O)NCC#N)[C@H](C)[C@@H](O)[C@]1(C)O. The highest BCUT2D eigenvalue weighted by atomic mass is 16.6. The quantitative estimate of drug-likeness (QED) is 0.133. The molecule has 10 atom stereocenters. The summed E-state index contributed by atoms with van der Waals surface area (Å²) in [5, 5.41) is 69.4. The van der Waals surface area contributed by atoms with Crippen molar-refractivity contribution in [3.05, 3.63) is 0 Å². The summed E-state index contributed by atoms with van der Waals surface area (Å²) in [6, 6.07) is 0.731. The number of aliphatic hydroxyl groups excluding tert-OH is 3. The number of aliphatic hydroxyl groups is 5. The molecular formula is C27H50N4O8. The number of hydrogen-bond acceptors (Lipinski definition) is 10. The van der Waals surface area contributed by atoms with E-state index in [0.717, 1.165) is 0 Å². The van der Waals surface area contributed by atoms with Gasteiger partial charge in [-0.3, -0.25) is 9.69 Å². The van der Waals surface area contributed by atoms with Gasteiger partial charge in [0.2, 0.25) is 0 Å². The van der Waals surface area contributed by atoms with E-state index in [2.05, 4.69) is 10.6 Å². The van der Waals surface area contributed by atoms with Gasteiger partial charge in [-0.15, -0.1) is 0 Å². The summed E-state index contributed by atoms with van der Waals surface area (Å²) >= 11 is 0. The molecule has 12 heteroatoms. The second-order valence-electron chi connectivity index (χ2n) is 11.6. The Morgan fingerprint density at radius 2 is 1.74 bits per heavy atom. The molecule has 1 aliphatic rings. The molecule has 7 N–H and O–H groups in total. The Labute approximate surface area is 232 Å². The maximum Gasteiger partial charge on any atom is 0.315 e. The number of cyclic esters (lactones) is 1. The van der Waals surface area contributed by atoms with Crippen LogP contribution in [-0.4, -0.2) is 110 Å². The summed E-state index contributed by atoms with van der Waals surface area (Å²) in [5.41, 5.74) is -3.42. The van der Waals surface area contributed by atoms with Gasteiger partial charge >= 0.3 is 12.0 Å². The van der Waals surface area contributed by atoms with Crippen molar-refractivity contribution in [2.24, 2.45) is 17.8 Å². The number of hydrogen-bond donors (Lipinski definition) is 7. The second kappa shape index (κ2) is 15.1. The van der Waals surface area contributed by atoms with Crippen LogP contribution in [0.25, 0.3) is 0 Å². The minimum absolute atomic E-state index is 0.114. The summed E-state index contributed by atoms with van der Waals surface area (Å²) in [7, 11) is 0. The van der Waals surface area contributed by atoms with E-state index in [1.807, 2.05) is 17.9 Å². The first-order valence-corrected chi connectivity index (χ1v) is 13.8. The zero-order valence-corrected chi connectivity index (χ0v) is 24.4. The molecule has 1 saturated heterocycles. The van der Waals surface area contributed by atoms with Crippen molar-refractivity contribution >= 4 is 12.0 Å². The third-order valence-corrected chi connectivity index (χ3v) is 8.01. The number of nitriles is 1. The van der Waals surface area contributed by atoms with E-state index in [1.54, 1.807) is 20.8 Å². The predicted molar refractivity (Wildman–Crippen MR) is 144 cm³/mol. The highest BCUT2D eigenvalue weighted by molar-refractivity contribution is 5.74. The fraction of sp³-hybridized carbons (Fsp3) is 0.889. The van der Waals surface area contributed by atoms with Gasteiger partial charge in [-0.25, -0.2) is 4.79 Å². The first-order valence-electron chi connectivity index (χ1n) is 13.8. The number of nitrogens with one attached hydrogen (secondary N) is 2. The molecule has 0 aromatic rings. The van der Waals surface area contributed by atoms with Gasteiger partial charge in [-0.1, -0.05) is 20.8 Å². The Balaban J connectivity index is 3.30. The van der Waals surface area contributed by atoms with Crippen LogP contribution in [0.4, 0.5) is 4.79 Å². The van der Waals surface area contributed by atoms with E-state index >= 15 is 0 Å². The van der Waals surface area contributed by atoms with Gasteiger partial charge in [0.25, 0.3) is 0 Å². The molecule has 39 heavy (non-hydrogen) atoms. The van der Waals surface area contributed by atoms with Crippen LogP contribution in [0.3, 0.4) is 0 Å². The van der Waals surface area contributed by atoms with Gasteiger partial charge in [-0.2, -0.15) is 5.26 Å². The van der Waals surface area contributed by atoms with Crippen molar-refractivity contribution in [2.45, 2.75) is 109 Å². The van der Waals surface area contributed by atoms with E-state index in [0.29, 0.717) is 26.1 Å². The molecule has 0 aromatic carbocycles. The van der Waals surface area contributed by atoms with Crippen LogP contribution in [0.2, 0.25) is 0 Å². The van der Waals surface area contributed by atoms with Crippen LogP contribution in [-0.2, 0) is 9.53 Å². The predicted octanol–water partition coefficient (Wildman–Crippen LogP) is 0.108. The molecule has 1 rings (SSSR count). The molecular weight excluding hydrogens is 508 g/mol. The fourth-order valence-electron chi connectivity index (χ4n) is 5.51. The largest absolute Gasteiger partial charge is 0.459 e. The van der Waals surface area contributed by atoms with Crippen LogP contribution in [0.15, 0.2) is 0 Å². The van der Waals surface area contributed by atoms with E-state index < -0.39 is 65.5 Å². The average molecular weight is 559 g/mol. The lowest BCUT2D eigenvalue weighted by molar-refractivity contribution is -0.193. The standard InChI is InChI=1S/C27H50N4O8/c1-8-20-27(7,38)23(34)19(5)31(13-9-11-29-25(36)30-12-10-28)15-16(2)14-26(6,37)22(33)17(3)21(32)18(4)24(35)39-20/h16-23,32-34,37-38H,8-9,11-15H2,1-7H3,(H2,29,30,36)/t16-,17+,18-,19-,20-,21+,22-,23-,26-,27-/m1/s1. The summed E-state index contributed by atoms with van der Waals surface area (Å²) < 4.78 is 5.59. The van der Waals surface area contributed by atoms with Gasteiger partial charge in [0.05, 0.1) is 29.8 Å². The fourth-order valence-corrected chi connectivity index (χ4v) is 5.51. The monoisotopic (exact) mass is 558 g/mol. The Hall–Kier alpha value is -2.01. The van der Waals surface area contributed by atoms with Crippen LogP contribution >= 0.6 is 0 Å². The van der Waals surface area contributed by atoms with Crippen molar-refractivity contribution in [1.29, 1.82) is 5.26 Å². The normalized spacial score (nSPS) is 39.5. The number of esters is 1. The van der Waals surface area contributed by atoms with Gasteiger partial charge in [0.15, 0.2) is 0 Å². The highest BCUT2D eigenvalue weighted by Crippen LogP contribution is 2.32. The molecule has 0 radical (unpaired) electrons. The third kappa shape index (κ3) is 9.55. The van der Waals surface area contributed by atoms with Crippen molar-refractivity contribution in [3.8, 4) is 6.07 Å². The molecule has 0 spiro atoms. The Morgan fingerprint density at radius 1 is 1.13 bits per heavy atom. The minimum atomic E-state index is -1.83. The topological polar surface area (TPSA) is 196 Å². The van der Waals surface area contributed by atoms with Crippen LogP contribution in [0.1, 0.15) is 67.7 Å². The molecule has 1 heterocycles. The van der Waals surface area contributed by atoms with Crippen molar-refractivity contribution in [1.82, 2.24) is 15.5 Å². The van der Waals surface area contributed by atoms with E-state index in [9.17, 15) is 35.1 Å². The molecule has 1 aliphatic heterocycles. The molecule has 1 fully saturated rings. The van der Waals surface area contributed by atoms with Crippen molar-refractivity contribution in [3.63, 3.8) is 0 Å². The summed E-state index contributed by atoms with van der Waals surface area (Å²) in [5.74, 6) is -2.89. The Bertz CT molecular complexity index is 833. The molecule has 0 aliphatic carbocycles. The molecule has 12 nitrogen and oxygen atoms in total. The number of ether oxygens (including phenoxy) is 1. The van der Waals surface area contributed by atoms with Gasteiger partial charge in [-0.05, 0) is 52.9 Å². The Kier molecular flexibility index (Phi) is 13.6. The Morgan fingerprint density at radius 3 is 2.31 bits per heavy atom. The molecule has 226 valence electrons. The summed E-state index contributed by atoms with van der Waals surface area (Å²) in [6.45, 7) is 12.2. The van der Waals surface area contributed by atoms with Crippen LogP contribution < -0.4 is 10.6 Å². The van der Waals surface area contributed by atoms with E-state index in [1.165, 1.54) is 20.8 Å². The zero-order chi connectivity index (χ0) is 30.1. The summed E-state index contributed by atoms with van der Waals surface area (Å²) in [6.07, 6.45) is -4.23. The number of amides is 2. The van der Waals surface area contributed by atoms with Crippen molar-refractivity contribution < 1.29 is 39.9 Å². The second-order valence-corrected chi connectivity index (χ2v) is 11.6. The summed E-state index contributed by atoms with van der Waals surface area (Å²) in [4.78, 5) is 26.6. The lowest BCUT2D eigenvalue weighted by Crippen LogP contribution is -2.59. The lowest BCUT2D eigenvalue weighted by atomic mass is 9.78. The maximum absolute atomic E-state index is 12.9. The van der Waals surface area contributed by atoms with Crippen LogP contribution in [0.5, 0.6) is 0 Å².